The minimum atomic E-state index is -0.0512. The van der Waals surface area contributed by atoms with E-state index in [2.05, 4.69) is 18.7 Å². The van der Waals surface area contributed by atoms with Gasteiger partial charge in [0.25, 0.3) is 0 Å². The first-order chi connectivity index (χ1) is 8.03. The van der Waals surface area contributed by atoms with Crippen molar-refractivity contribution in [3.8, 4) is 0 Å². The number of aliphatic hydroxyl groups excluding tert-OH is 1. The molecule has 3 heteroatoms. The van der Waals surface area contributed by atoms with E-state index in [4.69, 9.17) is 4.74 Å². The molecule has 98 valence electrons. The molecule has 1 N–H and O–H groups in total. The number of aliphatic hydroxyl groups is 1. The Labute approximate surface area is 104 Å². The molecule has 3 unspecified atom stereocenters. The molecule has 0 aliphatic carbocycles. The van der Waals surface area contributed by atoms with Crippen molar-refractivity contribution in [1.29, 1.82) is 0 Å². The van der Waals surface area contributed by atoms with Gasteiger partial charge in [0.2, 0.25) is 0 Å². The molecule has 3 saturated heterocycles. The van der Waals surface area contributed by atoms with Crippen molar-refractivity contribution in [3.05, 3.63) is 0 Å². The van der Waals surface area contributed by atoms with Crippen LogP contribution in [0.2, 0.25) is 0 Å². The van der Waals surface area contributed by atoms with Crippen LogP contribution in [-0.4, -0.2) is 46.4 Å². The predicted molar refractivity (Wildman–Crippen MR) is 66.9 cm³/mol. The maximum atomic E-state index is 9.79. The van der Waals surface area contributed by atoms with E-state index in [-0.39, 0.29) is 11.7 Å². The van der Waals surface area contributed by atoms with Crippen LogP contribution >= 0.6 is 0 Å². The van der Waals surface area contributed by atoms with Gasteiger partial charge in [0.15, 0.2) is 0 Å². The molecule has 2 bridgehead atoms. The monoisotopic (exact) mass is 239 g/mol. The molecule has 3 nitrogen and oxygen atoms in total. The lowest BCUT2D eigenvalue weighted by Crippen LogP contribution is -2.48. The first kappa shape index (κ1) is 11.9. The second-order valence-electron chi connectivity index (χ2n) is 6.75. The van der Waals surface area contributed by atoms with Crippen LogP contribution in [0.1, 0.15) is 52.4 Å². The summed E-state index contributed by atoms with van der Waals surface area (Å²) in [5.74, 6) is 0. The normalized spacial score (nSPS) is 45.4. The van der Waals surface area contributed by atoms with Gasteiger partial charge in [0.1, 0.15) is 0 Å². The minimum Gasteiger partial charge on any atom is -0.393 e. The van der Waals surface area contributed by atoms with Gasteiger partial charge < -0.3 is 9.84 Å². The minimum absolute atomic E-state index is 0.0512. The maximum Gasteiger partial charge on any atom is 0.0710 e. The van der Waals surface area contributed by atoms with E-state index in [0.29, 0.717) is 18.2 Å². The van der Waals surface area contributed by atoms with Crippen molar-refractivity contribution in [2.75, 3.05) is 6.54 Å². The van der Waals surface area contributed by atoms with E-state index in [1.807, 2.05) is 0 Å². The van der Waals surface area contributed by atoms with Gasteiger partial charge in [-0.15, -0.1) is 0 Å². The predicted octanol–water partition coefficient (Wildman–Crippen LogP) is 1.93. The second kappa shape index (κ2) is 4.22. The average molecular weight is 239 g/mol. The molecule has 0 aromatic heterocycles. The molecule has 3 fully saturated rings. The summed E-state index contributed by atoms with van der Waals surface area (Å²) >= 11 is 0. The summed E-state index contributed by atoms with van der Waals surface area (Å²) in [4.78, 5) is 2.62. The summed E-state index contributed by atoms with van der Waals surface area (Å²) in [6.45, 7) is 5.48. The molecular weight excluding hydrogens is 214 g/mol. The van der Waals surface area contributed by atoms with Gasteiger partial charge in [0, 0.05) is 18.6 Å². The maximum absolute atomic E-state index is 9.79. The molecular formula is C14H25NO2. The van der Waals surface area contributed by atoms with Crippen LogP contribution in [0.3, 0.4) is 0 Å². The summed E-state index contributed by atoms with van der Waals surface area (Å²) in [6, 6.07) is 1.24. The Morgan fingerprint density at radius 2 is 1.82 bits per heavy atom. The zero-order valence-corrected chi connectivity index (χ0v) is 11.1. The molecule has 3 heterocycles. The Bertz CT molecular complexity index is 278. The third kappa shape index (κ3) is 2.38. The van der Waals surface area contributed by atoms with Crippen molar-refractivity contribution in [3.63, 3.8) is 0 Å². The lowest BCUT2D eigenvalue weighted by atomic mass is 9.99. The largest absolute Gasteiger partial charge is 0.393 e. The molecule has 3 rings (SSSR count). The van der Waals surface area contributed by atoms with Crippen molar-refractivity contribution >= 4 is 0 Å². The molecule has 3 atom stereocenters. The third-order valence-electron chi connectivity index (χ3n) is 4.83. The summed E-state index contributed by atoms with van der Waals surface area (Å²) in [7, 11) is 0. The highest BCUT2D eigenvalue weighted by Gasteiger charge is 2.42. The van der Waals surface area contributed by atoms with E-state index >= 15 is 0 Å². The lowest BCUT2D eigenvalue weighted by molar-refractivity contribution is -0.0485. The highest BCUT2D eigenvalue weighted by molar-refractivity contribution is 4.97. The molecule has 17 heavy (non-hydrogen) atoms. The van der Waals surface area contributed by atoms with Gasteiger partial charge in [-0.25, -0.2) is 0 Å². The summed E-state index contributed by atoms with van der Waals surface area (Å²) in [5, 5.41) is 9.79. The van der Waals surface area contributed by atoms with Gasteiger partial charge in [-0.05, 0) is 52.4 Å². The fraction of sp³-hybridized carbons (Fsp3) is 1.00. The van der Waals surface area contributed by atoms with Crippen LogP contribution in [0.4, 0.5) is 0 Å². The number of hydrogen-bond donors (Lipinski definition) is 1. The smallest absolute Gasteiger partial charge is 0.0710 e. The van der Waals surface area contributed by atoms with Crippen molar-refractivity contribution in [2.45, 2.75) is 82.3 Å². The van der Waals surface area contributed by atoms with Crippen LogP contribution in [0, 0.1) is 0 Å². The zero-order valence-electron chi connectivity index (χ0n) is 11.1. The van der Waals surface area contributed by atoms with Crippen LogP contribution in [-0.2, 0) is 4.74 Å². The van der Waals surface area contributed by atoms with Crippen molar-refractivity contribution in [2.24, 2.45) is 0 Å². The van der Waals surface area contributed by atoms with Crippen LogP contribution < -0.4 is 0 Å². The topological polar surface area (TPSA) is 32.7 Å². The number of rotatable bonds is 2. The second-order valence-corrected chi connectivity index (χ2v) is 6.75. The number of nitrogens with zero attached hydrogens (tertiary/aromatic N) is 1. The Kier molecular flexibility index (Phi) is 2.96. The molecule has 0 spiro atoms. The summed E-state index contributed by atoms with van der Waals surface area (Å²) in [6.07, 6.45) is 7.26. The average Bonchev–Trinajstić information content (AvgIpc) is 2.68. The van der Waals surface area contributed by atoms with E-state index in [1.54, 1.807) is 0 Å². The number of fused-ring (bicyclic) bond motifs is 2. The number of piperidine rings is 1. The molecule has 3 aliphatic rings. The standard InChI is InChI=1S/C14H25NO2/c1-14(2)6-5-13(17-14)9-15-10-3-4-11(15)8-12(16)7-10/h10-13,16H,3-9H2,1-2H3. The first-order valence-electron chi connectivity index (χ1n) is 7.15. The van der Waals surface area contributed by atoms with E-state index in [9.17, 15) is 5.11 Å². The molecule has 0 saturated carbocycles. The Balaban J connectivity index is 1.60. The van der Waals surface area contributed by atoms with Gasteiger partial charge in [-0.3, -0.25) is 4.90 Å². The summed E-state index contributed by atoms with van der Waals surface area (Å²) < 4.78 is 6.10. The zero-order chi connectivity index (χ0) is 12.0. The highest BCUT2D eigenvalue weighted by atomic mass is 16.5. The Hall–Kier alpha value is -0.120. The van der Waals surface area contributed by atoms with E-state index in [1.165, 1.54) is 25.7 Å². The van der Waals surface area contributed by atoms with Crippen molar-refractivity contribution in [1.82, 2.24) is 4.90 Å². The van der Waals surface area contributed by atoms with Crippen molar-refractivity contribution < 1.29 is 9.84 Å². The molecule has 0 amide bonds. The van der Waals surface area contributed by atoms with Gasteiger partial charge in [-0.2, -0.15) is 0 Å². The van der Waals surface area contributed by atoms with Crippen LogP contribution in [0.5, 0.6) is 0 Å². The number of hydrogen-bond acceptors (Lipinski definition) is 3. The summed E-state index contributed by atoms with van der Waals surface area (Å²) in [5.41, 5.74) is 0.0824. The van der Waals surface area contributed by atoms with Gasteiger partial charge >= 0.3 is 0 Å². The molecule has 0 radical (unpaired) electrons. The third-order valence-corrected chi connectivity index (χ3v) is 4.83. The van der Waals surface area contributed by atoms with E-state index in [0.717, 1.165) is 19.4 Å². The Morgan fingerprint density at radius 1 is 1.18 bits per heavy atom. The number of ether oxygens (including phenoxy) is 1. The lowest BCUT2D eigenvalue weighted by Gasteiger charge is -2.38. The van der Waals surface area contributed by atoms with Crippen LogP contribution in [0.25, 0.3) is 0 Å². The van der Waals surface area contributed by atoms with E-state index < -0.39 is 0 Å². The first-order valence-corrected chi connectivity index (χ1v) is 7.15. The fourth-order valence-electron chi connectivity index (χ4n) is 3.98. The van der Waals surface area contributed by atoms with Crippen LogP contribution in [0.15, 0.2) is 0 Å². The fourth-order valence-corrected chi connectivity index (χ4v) is 3.98. The van der Waals surface area contributed by atoms with Gasteiger partial charge in [-0.1, -0.05) is 0 Å². The van der Waals surface area contributed by atoms with Gasteiger partial charge in [0.05, 0.1) is 17.8 Å². The molecule has 0 aromatic carbocycles. The SMILES string of the molecule is CC1(C)CCC(CN2C3CCC2CC(O)C3)O1. The highest BCUT2D eigenvalue weighted by Crippen LogP contribution is 2.38. The molecule has 0 aromatic rings. The quantitative estimate of drug-likeness (QED) is 0.799. The molecule has 3 aliphatic heterocycles. The Morgan fingerprint density at radius 3 is 2.35 bits per heavy atom.